The van der Waals surface area contributed by atoms with Crippen LogP contribution in [0.15, 0.2) is 24.3 Å². The maximum absolute atomic E-state index is 13.0. The molecule has 2 atom stereocenters. The first-order valence-corrected chi connectivity index (χ1v) is 8.53. The van der Waals surface area contributed by atoms with Crippen molar-refractivity contribution in [3.05, 3.63) is 35.6 Å². The van der Waals surface area contributed by atoms with Crippen molar-refractivity contribution in [2.45, 2.75) is 57.7 Å². The van der Waals surface area contributed by atoms with Gasteiger partial charge in [0, 0.05) is 6.54 Å². The third-order valence-electron chi connectivity index (χ3n) is 4.43. The lowest BCUT2D eigenvalue weighted by atomic mass is 10.1. The Hall–Kier alpha value is -1.95. The van der Waals surface area contributed by atoms with E-state index in [1.54, 1.807) is 12.1 Å². The predicted molar refractivity (Wildman–Crippen MR) is 88.9 cm³/mol. The molecular weight excluding hydrogens is 311 g/mol. The summed E-state index contributed by atoms with van der Waals surface area (Å²) in [4.78, 5) is 25.8. The summed E-state index contributed by atoms with van der Waals surface area (Å²) in [6, 6.07) is 5.09. The van der Waals surface area contributed by atoms with Gasteiger partial charge in [0.15, 0.2) is 0 Å². The monoisotopic (exact) mass is 336 g/mol. The van der Waals surface area contributed by atoms with E-state index in [1.807, 2.05) is 11.8 Å². The van der Waals surface area contributed by atoms with E-state index in [9.17, 15) is 19.1 Å². The third-order valence-corrected chi connectivity index (χ3v) is 4.43. The Morgan fingerprint density at radius 3 is 2.71 bits per heavy atom. The minimum Gasteiger partial charge on any atom is -0.480 e. The molecule has 1 aliphatic rings. The Morgan fingerprint density at radius 1 is 1.38 bits per heavy atom. The Labute approximate surface area is 141 Å². The number of unbranched alkanes of at least 4 members (excludes halogenated alkanes) is 1. The Kier molecular flexibility index (Phi) is 6.73. The lowest BCUT2D eigenvalue weighted by molar-refractivity contribution is -0.142. The smallest absolute Gasteiger partial charge is 0.326 e. The summed E-state index contributed by atoms with van der Waals surface area (Å²) in [6.45, 7) is 3.33. The fourth-order valence-corrected chi connectivity index (χ4v) is 3.07. The van der Waals surface area contributed by atoms with Gasteiger partial charge >= 0.3 is 5.97 Å². The van der Waals surface area contributed by atoms with Gasteiger partial charge in [-0.1, -0.05) is 31.9 Å². The summed E-state index contributed by atoms with van der Waals surface area (Å²) < 4.78 is 13.0. The van der Waals surface area contributed by atoms with Crippen molar-refractivity contribution in [2.75, 3.05) is 6.54 Å². The molecule has 0 spiro atoms. The van der Waals surface area contributed by atoms with Crippen LogP contribution in [0.1, 0.15) is 44.6 Å². The van der Waals surface area contributed by atoms with Crippen molar-refractivity contribution >= 4 is 11.9 Å². The Morgan fingerprint density at radius 2 is 2.08 bits per heavy atom. The van der Waals surface area contributed by atoms with Crippen LogP contribution in [-0.4, -0.2) is 40.5 Å². The molecule has 0 bridgehead atoms. The van der Waals surface area contributed by atoms with Crippen LogP contribution in [0.3, 0.4) is 0 Å². The molecule has 0 saturated carbocycles. The van der Waals surface area contributed by atoms with Crippen LogP contribution in [0.4, 0.5) is 4.39 Å². The maximum Gasteiger partial charge on any atom is 0.326 e. The van der Waals surface area contributed by atoms with E-state index in [1.165, 1.54) is 12.1 Å². The molecule has 1 fully saturated rings. The van der Waals surface area contributed by atoms with Gasteiger partial charge in [-0.25, -0.2) is 9.18 Å². The van der Waals surface area contributed by atoms with Crippen LogP contribution in [-0.2, 0) is 16.1 Å². The molecule has 5 nitrogen and oxygen atoms in total. The van der Waals surface area contributed by atoms with Crippen molar-refractivity contribution in [1.82, 2.24) is 10.2 Å². The maximum atomic E-state index is 13.0. The number of nitrogens with one attached hydrogen (secondary N) is 1. The van der Waals surface area contributed by atoms with E-state index in [-0.39, 0.29) is 17.8 Å². The molecule has 0 aliphatic carbocycles. The number of amides is 1. The standard InChI is InChI=1S/C18H25FN2O3/c1-2-3-5-15(18(23)24)20-17(22)16-6-4-11-21(16)12-13-7-9-14(19)10-8-13/h7-10,15-16H,2-6,11-12H2,1H3,(H,20,22)(H,23,24). The summed E-state index contributed by atoms with van der Waals surface area (Å²) in [5, 5.41) is 11.9. The number of hydrogen-bond acceptors (Lipinski definition) is 3. The second-order valence-electron chi connectivity index (χ2n) is 6.30. The number of carbonyl (C=O) groups excluding carboxylic acids is 1. The van der Waals surface area contributed by atoms with E-state index < -0.39 is 12.0 Å². The number of hydrogen-bond donors (Lipinski definition) is 2. The van der Waals surface area contributed by atoms with Crippen LogP contribution < -0.4 is 5.32 Å². The highest BCUT2D eigenvalue weighted by atomic mass is 19.1. The minimum atomic E-state index is -0.986. The molecule has 2 N–H and O–H groups in total. The second kappa shape index (κ2) is 8.78. The molecule has 1 aromatic rings. The van der Waals surface area contributed by atoms with E-state index in [2.05, 4.69) is 5.32 Å². The number of aliphatic carboxylic acids is 1. The number of carboxylic acid groups (broad SMARTS) is 1. The van der Waals surface area contributed by atoms with Crippen LogP contribution in [0, 0.1) is 5.82 Å². The molecule has 2 rings (SSSR count). The predicted octanol–water partition coefficient (Wildman–Crippen LogP) is 2.55. The van der Waals surface area contributed by atoms with Gasteiger partial charge in [0.05, 0.1) is 6.04 Å². The SMILES string of the molecule is CCCCC(NC(=O)C1CCCN1Cc1ccc(F)cc1)C(=O)O. The van der Waals surface area contributed by atoms with Crippen molar-refractivity contribution in [1.29, 1.82) is 0 Å². The molecule has 0 radical (unpaired) electrons. The van der Waals surface area contributed by atoms with Crippen LogP contribution in [0.5, 0.6) is 0 Å². The molecule has 1 heterocycles. The quantitative estimate of drug-likeness (QED) is 0.765. The van der Waals surface area contributed by atoms with Gasteiger partial charge in [-0.2, -0.15) is 0 Å². The lowest BCUT2D eigenvalue weighted by Gasteiger charge is -2.25. The van der Waals surface area contributed by atoms with Crippen LogP contribution in [0.2, 0.25) is 0 Å². The first-order chi connectivity index (χ1) is 11.5. The number of nitrogens with zero attached hydrogens (tertiary/aromatic N) is 1. The highest BCUT2D eigenvalue weighted by molar-refractivity contribution is 5.87. The largest absolute Gasteiger partial charge is 0.480 e. The number of carbonyl (C=O) groups is 2. The van der Waals surface area contributed by atoms with Gasteiger partial charge in [0.2, 0.25) is 5.91 Å². The Balaban J connectivity index is 1.96. The van der Waals surface area contributed by atoms with Gasteiger partial charge in [0.1, 0.15) is 11.9 Å². The first kappa shape index (κ1) is 18.4. The van der Waals surface area contributed by atoms with Crippen molar-refractivity contribution < 1.29 is 19.1 Å². The average molecular weight is 336 g/mol. The molecule has 1 aromatic carbocycles. The molecule has 132 valence electrons. The number of halogens is 1. The zero-order chi connectivity index (χ0) is 17.5. The summed E-state index contributed by atoms with van der Waals surface area (Å²) in [5.41, 5.74) is 0.942. The van der Waals surface area contributed by atoms with Crippen LogP contribution >= 0.6 is 0 Å². The number of benzene rings is 1. The van der Waals surface area contributed by atoms with Crippen molar-refractivity contribution in [2.24, 2.45) is 0 Å². The van der Waals surface area contributed by atoms with E-state index in [0.29, 0.717) is 19.4 Å². The average Bonchev–Trinajstić information content (AvgIpc) is 3.01. The van der Waals surface area contributed by atoms with E-state index in [0.717, 1.165) is 31.4 Å². The molecule has 1 aliphatic heterocycles. The van der Waals surface area contributed by atoms with Crippen molar-refractivity contribution in [3.8, 4) is 0 Å². The summed E-state index contributed by atoms with van der Waals surface area (Å²) in [7, 11) is 0. The molecular formula is C18H25FN2O3. The van der Waals surface area contributed by atoms with Gasteiger partial charge in [-0.05, 0) is 43.5 Å². The lowest BCUT2D eigenvalue weighted by Crippen LogP contribution is -2.49. The van der Waals surface area contributed by atoms with Gasteiger partial charge in [0.25, 0.3) is 0 Å². The minimum absolute atomic E-state index is 0.224. The molecule has 1 amide bonds. The molecule has 24 heavy (non-hydrogen) atoms. The molecule has 1 saturated heterocycles. The number of likely N-dealkylation sites (tertiary alicyclic amines) is 1. The number of rotatable bonds is 8. The van der Waals surface area contributed by atoms with E-state index >= 15 is 0 Å². The topological polar surface area (TPSA) is 69.6 Å². The molecule has 2 unspecified atom stereocenters. The fraction of sp³-hybridized carbons (Fsp3) is 0.556. The second-order valence-corrected chi connectivity index (χ2v) is 6.30. The normalized spacial score (nSPS) is 19.2. The zero-order valence-corrected chi connectivity index (χ0v) is 14.0. The van der Waals surface area contributed by atoms with Crippen LogP contribution in [0.25, 0.3) is 0 Å². The van der Waals surface area contributed by atoms with E-state index in [4.69, 9.17) is 0 Å². The summed E-state index contributed by atoms with van der Waals surface area (Å²) in [6.07, 6.45) is 3.71. The third kappa shape index (κ3) is 5.03. The van der Waals surface area contributed by atoms with Crippen molar-refractivity contribution in [3.63, 3.8) is 0 Å². The molecule has 6 heteroatoms. The zero-order valence-electron chi connectivity index (χ0n) is 14.0. The number of carboxylic acids is 1. The summed E-state index contributed by atoms with van der Waals surface area (Å²) >= 11 is 0. The first-order valence-electron chi connectivity index (χ1n) is 8.53. The van der Waals surface area contributed by atoms with Gasteiger partial charge < -0.3 is 10.4 Å². The van der Waals surface area contributed by atoms with Gasteiger partial charge in [-0.3, -0.25) is 9.69 Å². The van der Waals surface area contributed by atoms with Gasteiger partial charge in [-0.15, -0.1) is 0 Å². The highest BCUT2D eigenvalue weighted by Crippen LogP contribution is 2.21. The molecule has 0 aromatic heterocycles. The Bertz CT molecular complexity index is 562. The summed E-state index contributed by atoms with van der Waals surface area (Å²) in [5.74, 6) is -1.49. The fourth-order valence-electron chi connectivity index (χ4n) is 3.07. The highest BCUT2D eigenvalue weighted by Gasteiger charge is 2.32.